The monoisotopic (exact) mass is 259 g/mol. The third-order valence-corrected chi connectivity index (χ3v) is 1.80. The third-order valence-electron chi connectivity index (χ3n) is 1.80. The van der Waals surface area contributed by atoms with Gasteiger partial charge in [-0.1, -0.05) is 0 Å². The molecule has 0 fully saturated rings. The maximum atomic E-state index is 11.9. The van der Waals surface area contributed by atoms with Gasteiger partial charge in [0.2, 0.25) is 0 Å². The molecule has 2 atom stereocenters. The number of hydrogen-bond donors (Lipinski definition) is 3. The number of aliphatic hydroxyl groups excluding tert-OH is 2. The summed E-state index contributed by atoms with van der Waals surface area (Å²) in [5.41, 5.74) is 0. The van der Waals surface area contributed by atoms with Crippen LogP contribution < -0.4 is 5.32 Å². The van der Waals surface area contributed by atoms with Crippen LogP contribution in [0.25, 0.3) is 0 Å². The summed E-state index contributed by atoms with van der Waals surface area (Å²) < 4.78 is 40.1. The first-order valence-corrected chi connectivity index (χ1v) is 5.06. The topological polar surface area (TPSA) is 78.8 Å². The quantitative estimate of drug-likeness (QED) is 0.552. The minimum absolute atomic E-state index is 0.172. The van der Waals surface area contributed by atoms with Crippen LogP contribution in [-0.4, -0.2) is 54.3 Å². The minimum Gasteiger partial charge on any atom is -0.466 e. The van der Waals surface area contributed by atoms with E-state index in [1.807, 2.05) is 0 Å². The number of rotatable bonds is 7. The molecule has 5 nitrogen and oxygen atoms in total. The molecule has 3 N–H and O–H groups in total. The maximum Gasteiger partial charge on any atom is 0.415 e. The number of aliphatic hydroxyl groups is 2. The van der Waals surface area contributed by atoms with Gasteiger partial charge in [0.1, 0.15) is 0 Å². The van der Waals surface area contributed by atoms with Crippen LogP contribution in [0.5, 0.6) is 0 Å². The molecule has 0 aliphatic heterocycles. The summed E-state index contributed by atoms with van der Waals surface area (Å²) >= 11 is 0. The molecule has 0 spiro atoms. The lowest BCUT2D eigenvalue weighted by Crippen LogP contribution is -2.41. The van der Waals surface area contributed by atoms with Crippen molar-refractivity contribution in [1.29, 1.82) is 0 Å². The van der Waals surface area contributed by atoms with E-state index in [0.717, 1.165) is 0 Å². The number of carbonyl (C=O) groups is 1. The normalized spacial score (nSPS) is 15.4. The average molecular weight is 259 g/mol. The minimum atomic E-state index is -4.70. The van der Waals surface area contributed by atoms with Gasteiger partial charge in [-0.15, -0.1) is 0 Å². The molecule has 0 heterocycles. The Labute approximate surface area is 96.6 Å². The first-order chi connectivity index (χ1) is 7.77. The Morgan fingerprint density at radius 3 is 2.41 bits per heavy atom. The first kappa shape index (κ1) is 16.1. The van der Waals surface area contributed by atoms with E-state index in [1.54, 1.807) is 6.92 Å². The zero-order valence-electron chi connectivity index (χ0n) is 9.33. The molecule has 0 aromatic carbocycles. The van der Waals surface area contributed by atoms with Crippen LogP contribution >= 0.6 is 0 Å². The molecule has 102 valence electrons. The highest BCUT2D eigenvalue weighted by Gasteiger charge is 2.37. The lowest BCUT2D eigenvalue weighted by molar-refractivity contribution is -0.202. The fraction of sp³-hybridized carbons (Fsp3) is 0.889. The third kappa shape index (κ3) is 7.94. The molecule has 0 bridgehead atoms. The summed E-state index contributed by atoms with van der Waals surface area (Å²) in [5.74, 6) is -0.627. The Hall–Kier alpha value is -0.860. The Balaban J connectivity index is 3.71. The van der Waals surface area contributed by atoms with Crippen molar-refractivity contribution < 1.29 is 32.9 Å². The molecular weight excluding hydrogens is 243 g/mol. The lowest BCUT2D eigenvalue weighted by atomic mass is 10.2. The molecule has 0 saturated heterocycles. The van der Waals surface area contributed by atoms with E-state index in [-0.39, 0.29) is 19.6 Å². The highest BCUT2D eigenvalue weighted by Crippen LogP contribution is 2.19. The first-order valence-electron chi connectivity index (χ1n) is 5.06. The van der Waals surface area contributed by atoms with Crippen molar-refractivity contribution >= 4 is 5.97 Å². The fourth-order valence-corrected chi connectivity index (χ4v) is 0.987. The summed E-state index contributed by atoms with van der Waals surface area (Å²) in [5, 5.41) is 20.1. The second-order valence-electron chi connectivity index (χ2n) is 3.38. The Bertz CT molecular complexity index is 235. The van der Waals surface area contributed by atoms with Crippen LogP contribution in [0.4, 0.5) is 13.2 Å². The van der Waals surface area contributed by atoms with E-state index in [0.29, 0.717) is 0 Å². The number of nitrogens with one attached hydrogen (secondary N) is 1. The lowest BCUT2D eigenvalue weighted by Gasteiger charge is -2.16. The molecule has 8 heteroatoms. The van der Waals surface area contributed by atoms with E-state index in [1.165, 1.54) is 0 Å². The Kier molecular flexibility index (Phi) is 7.09. The van der Waals surface area contributed by atoms with Crippen molar-refractivity contribution in [2.45, 2.75) is 31.7 Å². The molecule has 0 aliphatic rings. The van der Waals surface area contributed by atoms with E-state index in [2.05, 4.69) is 10.1 Å². The molecule has 0 amide bonds. The van der Waals surface area contributed by atoms with Gasteiger partial charge in [-0.3, -0.25) is 4.79 Å². The number of halogens is 3. The van der Waals surface area contributed by atoms with E-state index in [9.17, 15) is 23.1 Å². The van der Waals surface area contributed by atoms with Crippen molar-refractivity contribution in [3.8, 4) is 0 Å². The van der Waals surface area contributed by atoms with Crippen molar-refractivity contribution in [3.05, 3.63) is 0 Å². The van der Waals surface area contributed by atoms with Gasteiger partial charge in [-0.2, -0.15) is 13.2 Å². The Morgan fingerprint density at radius 1 is 1.35 bits per heavy atom. The molecule has 17 heavy (non-hydrogen) atoms. The van der Waals surface area contributed by atoms with Gasteiger partial charge in [0, 0.05) is 13.1 Å². The number of hydrogen-bond acceptors (Lipinski definition) is 5. The van der Waals surface area contributed by atoms with Gasteiger partial charge in [0.05, 0.1) is 19.1 Å². The molecule has 0 saturated carbocycles. The highest BCUT2D eigenvalue weighted by atomic mass is 19.4. The van der Waals surface area contributed by atoms with Crippen molar-refractivity contribution in [3.63, 3.8) is 0 Å². The zero-order chi connectivity index (χ0) is 13.5. The van der Waals surface area contributed by atoms with E-state index in [4.69, 9.17) is 5.11 Å². The highest BCUT2D eigenvalue weighted by molar-refractivity contribution is 5.69. The van der Waals surface area contributed by atoms with Crippen LogP contribution in [0.3, 0.4) is 0 Å². The van der Waals surface area contributed by atoms with Crippen LogP contribution in [0.15, 0.2) is 0 Å². The second-order valence-corrected chi connectivity index (χ2v) is 3.38. The summed E-state index contributed by atoms with van der Waals surface area (Å²) in [6, 6.07) is 0. The summed E-state index contributed by atoms with van der Waals surface area (Å²) in [4.78, 5) is 10.9. The predicted octanol–water partition coefficient (Wildman–Crippen LogP) is -0.187. The second kappa shape index (κ2) is 7.46. The molecule has 0 rings (SSSR count). The SMILES string of the molecule is CCOC(=O)CC(O)CNCC(O)C(F)(F)F. The number of esters is 1. The number of ether oxygens (including phenoxy) is 1. The molecular formula is C9H16F3NO4. The van der Waals surface area contributed by atoms with Gasteiger partial charge >= 0.3 is 12.1 Å². The van der Waals surface area contributed by atoms with Crippen LogP contribution in [0, 0.1) is 0 Å². The summed E-state index contributed by atoms with van der Waals surface area (Å²) in [6.45, 7) is 0.809. The molecule has 0 aliphatic carbocycles. The molecule has 2 unspecified atom stereocenters. The van der Waals surface area contributed by atoms with Gasteiger partial charge in [-0.05, 0) is 6.92 Å². The number of carbonyl (C=O) groups excluding carboxylic acids is 1. The van der Waals surface area contributed by atoms with Crippen molar-refractivity contribution in [2.75, 3.05) is 19.7 Å². The van der Waals surface area contributed by atoms with Crippen molar-refractivity contribution in [2.24, 2.45) is 0 Å². The smallest absolute Gasteiger partial charge is 0.415 e. The predicted molar refractivity (Wildman–Crippen MR) is 52.2 cm³/mol. The van der Waals surface area contributed by atoms with Crippen LogP contribution in [-0.2, 0) is 9.53 Å². The molecule has 0 aromatic rings. The van der Waals surface area contributed by atoms with Gasteiger partial charge in [0.25, 0.3) is 0 Å². The average Bonchev–Trinajstić information content (AvgIpc) is 2.16. The van der Waals surface area contributed by atoms with E-state index >= 15 is 0 Å². The van der Waals surface area contributed by atoms with Crippen molar-refractivity contribution in [1.82, 2.24) is 5.32 Å². The van der Waals surface area contributed by atoms with Crippen LogP contribution in [0.1, 0.15) is 13.3 Å². The fourth-order valence-electron chi connectivity index (χ4n) is 0.987. The van der Waals surface area contributed by atoms with Gasteiger partial charge < -0.3 is 20.3 Å². The maximum absolute atomic E-state index is 11.9. The summed E-state index contributed by atoms with van der Waals surface area (Å²) in [7, 11) is 0. The van der Waals surface area contributed by atoms with E-state index < -0.39 is 30.9 Å². The number of alkyl halides is 3. The standard InChI is InChI=1S/C9H16F3NO4/c1-2-17-8(16)3-6(14)4-13-5-7(15)9(10,11)12/h6-7,13-15H,2-5H2,1H3. The summed E-state index contributed by atoms with van der Waals surface area (Å²) in [6.07, 6.45) is -8.63. The van der Waals surface area contributed by atoms with Gasteiger partial charge in [-0.25, -0.2) is 0 Å². The largest absolute Gasteiger partial charge is 0.466 e. The molecule has 0 aromatic heterocycles. The van der Waals surface area contributed by atoms with Gasteiger partial charge in [0.15, 0.2) is 6.10 Å². The zero-order valence-corrected chi connectivity index (χ0v) is 9.33. The molecule has 0 radical (unpaired) electrons. The Morgan fingerprint density at radius 2 is 1.94 bits per heavy atom. The van der Waals surface area contributed by atoms with Crippen LogP contribution in [0.2, 0.25) is 0 Å².